The van der Waals surface area contributed by atoms with Crippen molar-refractivity contribution in [3.8, 4) is 0 Å². The summed E-state index contributed by atoms with van der Waals surface area (Å²) < 4.78 is 5.75. The summed E-state index contributed by atoms with van der Waals surface area (Å²) in [6.07, 6.45) is 40.6. The zero-order valence-electron chi connectivity index (χ0n) is 37.3. The van der Waals surface area contributed by atoms with Gasteiger partial charge in [0.25, 0.3) is 0 Å². The van der Waals surface area contributed by atoms with Crippen molar-refractivity contribution in [3.05, 3.63) is 0 Å². The lowest BCUT2D eigenvalue weighted by molar-refractivity contribution is -0.149. The Hall–Kier alpha value is -1.14. The first-order valence-corrected chi connectivity index (χ1v) is 24.1. The van der Waals surface area contributed by atoms with Gasteiger partial charge >= 0.3 is 11.9 Å². The Morgan fingerprint density at radius 2 is 0.741 bits per heavy atom. The predicted octanol–water partition coefficient (Wildman–Crippen LogP) is 14.5. The number of hydrogen-bond donors (Lipinski definition) is 2. The lowest BCUT2D eigenvalue weighted by Gasteiger charge is -2.22. The smallest absolute Gasteiger partial charge is 0.308 e. The molecule has 0 aliphatic carbocycles. The van der Waals surface area contributed by atoms with Crippen LogP contribution in [0.3, 0.4) is 0 Å². The second-order valence-electron chi connectivity index (χ2n) is 16.5. The number of hydrogen-bond acceptors (Lipinski definition) is 5. The van der Waals surface area contributed by atoms with Crippen LogP contribution in [-0.2, 0) is 14.3 Å². The number of ether oxygens (including phenoxy) is 1. The van der Waals surface area contributed by atoms with E-state index in [1.54, 1.807) is 0 Å². The fraction of sp³-hybridized carbons (Fsp3) is 0.958. The number of esters is 1. The van der Waals surface area contributed by atoms with Gasteiger partial charge in [-0.05, 0) is 64.5 Å². The van der Waals surface area contributed by atoms with Gasteiger partial charge in [0, 0.05) is 13.2 Å². The van der Waals surface area contributed by atoms with Crippen molar-refractivity contribution in [1.82, 2.24) is 4.90 Å². The number of carboxylic acid groups (broad SMARTS) is 1. The maximum atomic E-state index is 12.8. The van der Waals surface area contributed by atoms with E-state index in [1.165, 1.54) is 161 Å². The molecule has 2 unspecified atom stereocenters. The zero-order valence-corrected chi connectivity index (χ0v) is 37.3. The van der Waals surface area contributed by atoms with Crippen molar-refractivity contribution >= 4 is 11.9 Å². The number of rotatable bonds is 42. The van der Waals surface area contributed by atoms with Crippen molar-refractivity contribution in [2.45, 2.75) is 253 Å². The Morgan fingerprint density at radius 1 is 0.426 bits per heavy atom. The fourth-order valence-corrected chi connectivity index (χ4v) is 7.40. The first-order valence-electron chi connectivity index (χ1n) is 24.1. The molecule has 0 radical (unpaired) electrons. The number of aliphatic carboxylic acids is 1. The van der Waals surface area contributed by atoms with Gasteiger partial charge in [0.2, 0.25) is 0 Å². The number of unbranched alkanes of at least 4 members (excludes halogenated alkanes) is 23. The SMILES string of the molecule is CCCCCCCCC(CCCCCC)C(=O)O.CCCCCCCCC(CCCCCC)C(=O)OCCCCCCN(CCCO)CCCCCCC. The highest BCUT2D eigenvalue weighted by molar-refractivity contribution is 5.72. The molecular formula is C48H97NO5. The second-order valence-corrected chi connectivity index (χ2v) is 16.5. The molecule has 2 atom stereocenters. The van der Waals surface area contributed by atoms with E-state index in [9.17, 15) is 19.8 Å². The van der Waals surface area contributed by atoms with E-state index < -0.39 is 5.97 Å². The lowest BCUT2D eigenvalue weighted by atomic mass is 9.94. The van der Waals surface area contributed by atoms with E-state index in [-0.39, 0.29) is 24.4 Å². The average molecular weight is 768 g/mol. The van der Waals surface area contributed by atoms with Crippen LogP contribution >= 0.6 is 0 Å². The maximum absolute atomic E-state index is 12.8. The van der Waals surface area contributed by atoms with Crippen LogP contribution in [0, 0.1) is 11.8 Å². The number of carbonyl (C=O) groups is 2. The molecule has 0 spiro atoms. The van der Waals surface area contributed by atoms with Gasteiger partial charge in [-0.25, -0.2) is 0 Å². The summed E-state index contributed by atoms with van der Waals surface area (Å²) >= 11 is 0. The van der Waals surface area contributed by atoms with E-state index in [4.69, 9.17) is 4.74 Å². The second kappa shape index (κ2) is 46.2. The highest BCUT2D eigenvalue weighted by Crippen LogP contribution is 2.21. The minimum atomic E-state index is -0.583. The molecule has 0 aromatic rings. The van der Waals surface area contributed by atoms with Crippen molar-refractivity contribution in [2.75, 3.05) is 32.8 Å². The standard InChI is InChI=1S/C32H65NO3.C16H32O2/c1-4-7-10-13-14-19-25-31(24-18-12-9-6-3)32(35)36-30-22-17-16-21-27-33(28-23-29-34)26-20-15-11-8-5-2;1-3-5-7-9-10-12-14-15(16(17)18)13-11-8-6-4-2/h31,34H,4-30H2,1-3H3;15H,3-14H2,1-2H3,(H,17,18). The Balaban J connectivity index is 0. The molecule has 0 heterocycles. The van der Waals surface area contributed by atoms with Crippen molar-refractivity contribution in [2.24, 2.45) is 11.8 Å². The molecule has 0 aromatic heterocycles. The fourth-order valence-electron chi connectivity index (χ4n) is 7.40. The summed E-state index contributed by atoms with van der Waals surface area (Å²) in [7, 11) is 0. The quantitative estimate of drug-likeness (QED) is 0.0475. The molecule has 0 bridgehead atoms. The molecule has 0 aromatic carbocycles. The first kappa shape index (κ1) is 55.0. The normalized spacial score (nSPS) is 12.4. The van der Waals surface area contributed by atoms with Gasteiger partial charge in [0.15, 0.2) is 0 Å². The van der Waals surface area contributed by atoms with Crippen molar-refractivity contribution in [1.29, 1.82) is 0 Å². The molecule has 0 amide bonds. The largest absolute Gasteiger partial charge is 0.481 e. The van der Waals surface area contributed by atoms with Crippen LogP contribution < -0.4 is 0 Å². The molecule has 324 valence electrons. The number of carbonyl (C=O) groups excluding carboxylic acids is 1. The van der Waals surface area contributed by atoms with Crippen LogP contribution in [0.1, 0.15) is 253 Å². The Kier molecular flexibility index (Phi) is 47.1. The van der Waals surface area contributed by atoms with Gasteiger partial charge in [-0.2, -0.15) is 0 Å². The minimum Gasteiger partial charge on any atom is -0.481 e. The Bertz CT molecular complexity index is 747. The Morgan fingerprint density at radius 3 is 1.13 bits per heavy atom. The maximum Gasteiger partial charge on any atom is 0.308 e. The molecule has 0 saturated carbocycles. The molecule has 0 aliphatic rings. The minimum absolute atomic E-state index is 0.0679. The third-order valence-corrected chi connectivity index (χ3v) is 11.1. The highest BCUT2D eigenvalue weighted by atomic mass is 16.5. The van der Waals surface area contributed by atoms with Crippen molar-refractivity contribution in [3.63, 3.8) is 0 Å². The summed E-state index contributed by atoms with van der Waals surface area (Å²) in [4.78, 5) is 26.4. The van der Waals surface area contributed by atoms with Crippen LogP contribution in [0.25, 0.3) is 0 Å². The van der Waals surface area contributed by atoms with Gasteiger partial charge < -0.3 is 19.8 Å². The van der Waals surface area contributed by atoms with E-state index in [1.807, 2.05) is 0 Å². The zero-order chi connectivity index (χ0) is 40.2. The molecule has 2 N–H and O–H groups in total. The topological polar surface area (TPSA) is 87.1 Å². The van der Waals surface area contributed by atoms with Crippen LogP contribution in [0.2, 0.25) is 0 Å². The van der Waals surface area contributed by atoms with Gasteiger partial charge in [-0.1, -0.05) is 202 Å². The molecule has 0 fully saturated rings. The summed E-state index contributed by atoms with van der Waals surface area (Å²) in [5, 5.41) is 18.4. The highest BCUT2D eigenvalue weighted by Gasteiger charge is 2.19. The van der Waals surface area contributed by atoms with Gasteiger partial charge in [0.05, 0.1) is 18.4 Å². The van der Waals surface area contributed by atoms with Gasteiger partial charge in [0.1, 0.15) is 0 Å². The van der Waals surface area contributed by atoms with Crippen LogP contribution in [0.5, 0.6) is 0 Å². The van der Waals surface area contributed by atoms with E-state index >= 15 is 0 Å². The molecular weight excluding hydrogens is 671 g/mol. The number of aliphatic hydroxyl groups is 1. The molecule has 0 saturated heterocycles. The van der Waals surface area contributed by atoms with Crippen LogP contribution in [0.4, 0.5) is 0 Å². The van der Waals surface area contributed by atoms with Gasteiger partial charge in [-0.15, -0.1) is 0 Å². The predicted molar refractivity (Wildman–Crippen MR) is 234 cm³/mol. The van der Waals surface area contributed by atoms with Crippen LogP contribution in [-0.4, -0.2) is 59.9 Å². The number of nitrogens with zero attached hydrogens (tertiary/aromatic N) is 1. The number of aliphatic hydroxyl groups excluding tert-OH is 1. The molecule has 54 heavy (non-hydrogen) atoms. The van der Waals surface area contributed by atoms with E-state index in [2.05, 4.69) is 39.5 Å². The van der Waals surface area contributed by atoms with Crippen LogP contribution in [0.15, 0.2) is 0 Å². The molecule has 6 heteroatoms. The monoisotopic (exact) mass is 768 g/mol. The Labute approximate surface area is 338 Å². The van der Waals surface area contributed by atoms with E-state index in [0.29, 0.717) is 6.61 Å². The molecule has 0 rings (SSSR count). The van der Waals surface area contributed by atoms with Gasteiger partial charge in [-0.3, -0.25) is 9.59 Å². The van der Waals surface area contributed by atoms with Crippen molar-refractivity contribution < 1.29 is 24.5 Å². The molecule has 6 nitrogen and oxygen atoms in total. The summed E-state index contributed by atoms with van der Waals surface area (Å²) in [6.45, 7) is 15.4. The first-order chi connectivity index (χ1) is 26.4. The van der Waals surface area contributed by atoms with E-state index in [0.717, 1.165) is 77.3 Å². The third kappa shape index (κ3) is 40.5. The summed E-state index contributed by atoms with van der Waals surface area (Å²) in [5.74, 6) is -0.489. The average Bonchev–Trinajstić information content (AvgIpc) is 3.17. The number of carboxylic acids is 1. The third-order valence-electron chi connectivity index (χ3n) is 11.1. The molecule has 0 aliphatic heterocycles. The lowest BCUT2D eigenvalue weighted by Crippen LogP contribution is -2.28. The summed E-state index contributed by atoms with van der Waals surface area (Å²) in [6, 6.07) is 0. The summed E-state index contributed by atoms with van der Waals surface area (Å²) in [5.41, 5.74) is 0.